The number of hydrogen-bond acceptors (Lipinski definition) is 2. The van der Waals surface area contributed by atoms with Crippen molar-refractivity contribution in [1.82, 2.24) is 0 Å². The van der Waals surface area contributed by atoms with Gasteiger partial charge in [0.25, 0.3) is 0 Å². The van der Waals surface area contributed by atoms with E-state index in [0.717, 1.165) is 11.1 Å². The third-order valence-corrected chi connectivity index (χ3v) is 2.80. The number of hydrogen-bond donors (Lipinski definition) is 1. The molecule has 14 heavy (non-hydrogen) atoms. The third kappa shape index (κ3) is 2.50. The lowest BCUT2D eigenvalue weighted by atomic mass is 10.0. The molecular weight excluding hydrogens is 192 g/mol. The summed E-state index contributed by atoms with van der Waals surface area (Å²) in [6.07, 6.45) is 2.04. The minimum atomic E-state index is -0.0386. The third-order valence-electron chi connectivity index (χ3n) is 2.06. The van der Waals surface area contributed by atoms with E-state index in [1.54, 1.807) is 11.8 Å². The monoisotopic (exact) mass is 206 g/mol. The Morgan fingerprint density at radius 3 is 2.29 bits per heavy atom. The molecule has 0 aliphatic heterocycles. The molecule has 1 N–H and O–H groups in total. The van der Waals surface area contributed by atoms with Crippen LogP contribution in [-0.4, -0.2) is 18.0 Å². The predicted molar refractivity (Wildman–Crippen MR) is 63.5 cm³/mol. The molecule has 0 radical (unpaired) electrons. The summed E-state index contributed by atoms with van der Waals surface area (Å²) >= 11 is 1.70. The highest BCUT2D eigenvalue weighted by molar-refractivity contribution is 7.98. The molecule has 0 aliphatic rings. The largest absolute Gasteiger partial charge is 0.392 e. The van der Waals surface area contributed by atoms with Gasteiger partial charge in [0.15, 0.2) is 0 Å². The highest BCUT2D eigenvalue weighted by atomic mass is 32.2. The maximum absolute atomic E-state index is 8.90. The smallest absolute Gasteiger partial charge is 0.0681 e. The van der Waals surface area contributed by atoms with Crippen LogP contribution in [-0.2, 0) is 0 Å². The molecule has 74 valence electrons. The molecule has 0 unspecified atom stereocenters. The van der Waals surface area contributed by atoms with Crippen LogP contribution < -0.4 is 0 Å². The van der Waals surface area contributed by atoms with Gasteiger partial charge in [-0.25, -0.2) is 0 Å². The number of aliphatic hydroxyl groups excluding tert-OH is 1. The first-order valence-electron chi connectivity index (χ1n) is 4.31. The lowest BCUT2D eigenvalue weighted by molar-refractivity contribution is 0.336. The fourth-order valence-electron chi connectivity index (χ4n) is 1.09. The highest BCUT2D eigenvalue weighted by Crippen LogP contribution is 2.22. The van der Waals surface area contributed by atoms with Crippen LogP contribution >= 0.6 is 11.8 Å². The average molecular weight is 206 g/mol. The Kier molecular flexibility index (Phi) is 3.98. The van der Waals surface area contributed by atoms with Crippen molar-refractivity contribution in [2.45, 2.75) is 4.90 Å². The molecule has 0 bridgehead atoms. The topological polar surface area (TPSA) is 20.2 Å². The zero-order chi connectivity index (χ0) is 10.6. The van der Waals surface area contributed by atoms with Crippen molar-refractivity contribution in [2.24, 2.45) is 0 Å². The van der Waals surface area contributed by atoms with E-state index in [1.165, 1.54) is 4.90 Å². The molecule has 1 aromatic rings. The van der Waals surface area contributed by atoms with Crippen LogP contribution in [0.4, 0.5) is 0 Å². The van der Waals surface area contributed by atoms with E-state index in [2.05, 4.69) is 13.2 Å². The van der Waals surface area contributed by atoms with Gasteiger partial charge in [-0.15, -0.1) is 11.8 Å². The van der Waals surface area contributed by atoms with E-state index in [9.17, 15) is 0 Å². The van der Waals surface area contributed by atoms with E-state index in [1.807, 2.05) is 30.5 Å². The first kappa shape index (κ1) is 11.1. The Labute approximate surface area is 89.2 Å². The fourth-order valence-corrected chi connectivity index (χ4v) is 1.50. The van der Waals surface area contributed by atoms with Crippen LogP contribution in [0.25, 0.3) is 5.57 Å². The van der Waals surface area contributed by atoms with E-state index in [-0.39, 0.29) is 6.61 Å². The van der Waals surface area contributed by atoms with Gasteiger partial charge in [-0.05, 0) is 35.1 Å². The molecule has 0 aromatic heterocycles. The summed E-state index contributed by atoms with van der Waals surface area (Å²) < 4.78 is 0. The molecule has 1 nitrogen and oxygen atoms in total. The van der Waals surface area contributed by atoms with E-state index >= 15 is 0 Å². The normalized spacial score (nSPS) is 9.86. The minimum Gasteiger partial charge on any atom is -0.392 e. The van der Waals surface area contributed by atoms with Gasteiger partial charge in [-0.2, -0.15) is 0 Å². The molecule has 0 saturated heterocycles. The summed E-state index contributed by atoms with van der Waals surface area (Å²) in [4.78, 5) is 1.22. The standard InChI is InChI=1S/C12H14OS/c1-9(8-13)10(2)11-4-6-12(14-3)7-5-11/h4-7,13H,1-2,8H2,3H3. The van der Waals surface area contributed by atoms with Gasteiger partial charge in [0.1, 0.15) is 0 Å². The fraction of sp³-hybridized carbons (Fsp3) is 0.167. The molecule has 0 fully saturated rings. The van der Waals surface area contributed by atoms with Gasteiger partial charge in [0.05, 0.1) is 6.61 Å². The zero-order valence-electron chi connectivity index (χ0n) is 8.29. The first-order chi connectivity index (χ1) is 6.69. The van der Waals surface area contributed by atoms with Gasteiger partial charge in [0, 0.05) is 4.90 Å². The quantitative estimate of drug-likeness (QED) is 0.603. The highest BCUT2D eigenvalue weighted by Gasteiger charge is 2.01. The summed E-state index contributed by atoms with van der Waals surface area (Å²) in [7, 11) is 0. The average Bonchev–Trinajstić information content (AvgIpc) is 2.27. The van der Waals surface area contributed by atoms with Crippen LogP contribution in [0.5, 0.6) is 0 Å². The van der Waals surface area contributed by atoms with Gasteiger partial charge in [-0.1, -0.05) is 25.3 Å². The van der Waals surface area contributed by atoms with Crippen LogP contribution in [0.3, 0.4) is 0 Å². The Hall–Kier alpha value is -0.990. The number of benzene rings is 1. The van der Waals surface area contributed by atoms with Crippen molar-refractivity contribution in [1.29, 1.82) is 0 Å². The molecular formula is C12H14OS. The maximum atomic E-state index is 8.90. The van der Waals surface area contributed by atoms with Crippen molar-refractivity contribution in [3.05, 3.63) is 48.6 Å². The lowest BCUT2D eigenvalue weighted by Crippen LogP contribution is -1.91. The number of rotatable bonds is 4. The molecule has 0 spiro atoms. The molecule has 0 atom stereocenters. The Balaban J connectivity index is 2.87. The van der Waals surface area contributed by atoms with E-state index in [4.69, 9.17) is 5.11 Å². The van der Waals surface area contributed by atoms with Gasteiger partial charge in [0.2, 0.25) is 0 Å². The SMILES string of the molecule is C=C(CO)C(=C)c1ccc(SC)cc1. The van der Waals surface area contributed by atoms with Gasteiger partial charge >= 0.3 is 0 Å². The number of thioether (sulfide) groups is 1. The molecule has 1 rings (SSSR count). The van der Waals surface area contributed by atoms with Gasteiger partial charge in [-0.3, -0.25) is 0 Å². The van der Waals surface area contributed by atoms with Crippen molar-refractivity contribution in [2.75, 3.05) is 12.9 Å². The van der Waals surface area contributed by atoms with Crippen LogP contribution in [0, 0.1) is 0 Å². The molecule has 0 saturated carbocycles. The van der Waals surface area contributed by atoms with Gasteiger partial charge < -0.3 is 5.11 Å². The Morgan fingerprint density at radius 1 is 1.29 bits per heavy atom. The molecule has 0 amide bonds. The lowest BCUT2D eigenvalue weighted by Gasteiger charge is -2.07. The maximum Gasteiger partial charge on any atom is 0.0681 e. The van der Waals surface area contributed by atoms with Crippen molar-refractivity contribution in [3.63, 3.8) is 0 Å². The second kappa shape index (κ2) is 5.03. The Morgan fingerprint density at radius 2 is 1.86 bits per heavy atom. The molecule has 2 heteroatoms. The van der Waals surface area contributed by atoms with Crippen LogP contribution in [0.15, 0.2) is 47.9 Å². The summed E-state index contributed by atoms with van der Waals surface area (Å²) in [6, 6.07) is 8.07. The number of aliphatic hydroxyl groups is 1. The van der Waals surface area contributed by atoms with Crippen LogP contribution in [0.2, 0.25) is 0 Å². The van der Waals surface area contributed by atoms with E-state index in [0.29, 0.717) is 5.57 Å². The molecule has 1 aromatic carbocycles. The van der Waals surface area contributed by atoms with Crippen molar-refractivity contribution >= 4 is 17.3 Å². The summed E-state index contributed by atoms with van der Waals surface area (Å²) in [5, 5.41) is 8.90. The second-order valence-electron chi connectivity index (χ2n) is 2.97. The zero-order valence-corrected chi connectivity index (χ0v) is 9.10. The summed E-state index contributed by atoms with van der Waals surface area (Å²) in [5.74, 6) is 0. The van der Waals surface area contributed by atoms with Crippen LogP contribution in [0.1, 0.15) is 5.56 Å². The molecule has 0 aliphatic carbocycles. The van der Waals surface area contributed by atoms with E-state index < -0.39 is 0 Å². The van der Waals surface area contributed by atoms with Crippen molar-refractivity contribution in [3.8, 4) is 0 Å². The summed E-state index contributed by atoms with van der Waals surface area (Å²) in [5.41, 5.74) is 2.49. The first-order valence-corrected chi connectivity index (χ1v) is 5.54. The summed E-state index contributed by atoms with van der Waals surface area (Å²) in [6.45, 7) is 7.58. The predicted octanol–water partition coefficient (Wildman–Crippen LogP) is 2.97. The van der Waals surface area contributed by atoms with Crippen molar-refractivity contribution < 1.29 is 5.11 Å². The molecule has 0 heterocycles. The Bertz CT molecular complexity index is 338. The second-order valence-corrected chi connectivity index (χ2v) is 3.85. The minimum absolute atomic E-state index is 0.0386.